The van der Waals surface area contributed by atoms with Gasteiger partial charge in [-0.15, -0.1) is 0 Å². The lowest BCUT2D eigenvalue weighted by molar-refractivity contribution is 0.596. The number of rotatable bonds is 2. The predicted molar refractivity (Wildman–Crippen MR) is 53.1 cm³/mol. The Morgan fingerprint density at radius 3 is 2.42 bits per heavy atom. The SMILES string of the molecule is O=S(=O)(c1ccccn1)C(Br)Br. The number of halogens is 2. The third kappa shape index (κ3) is 2.05. The van der Waals surface area contributed by atoms with Crippen LogP contribution in [0.15, 0.2) is 29.4 Å². The van der Waals surface area contributed by atoms with Gasteiger partial charge in [-0.1, -0.05) is 37.9 Å². The van der Waals surface area contributed by atoms with E-state index < -0.39 is 12.9 Å². The quantitative estimate of drug-likeness (QED) is 0.784. The molecule has 0 amide bonds. The van der Waals surface area contributed by atoms with Crippen LogP contribution in [0.25, 0.3) is 0 Å². The van der Waals surface area contributed by atoms with Crippen LogP contribution in [0.1, 0.15) is 0 Å². The maximum absolute atomic E-state index is 11.4. The fourth-order valence-electron chi connectivity index (χ4n) is 0.607. The van der Waals surface area contributed by atoms with E-state index in [0.717, 1.165) is 0 Å². The Bertz CT molecular complexity index is 349. The number of pyridine rings is 1. The maximum atomic E-state index is 11.4. The molecule has 0 aliphatic rings. The van der Waals surface area contributed by atoms with Gasteiger partial charge in [0.1, 0.15) is 0 Å². The van der Waals surface area contributed by atoms with E-state index in [1.807, 2.05) is 0 Å². The summed E-state index contributed by atoms with van der Waals surface area (Å²) in [7, 11) is -3.35. The fourth-order valence-corrected chi connectivity index (χ4v) is 2.41. The lowest BCUT2D eigenvalue weighted by Crippen LogP contribution is -2.09. The van der Waals surface area contributed by atoms with Gasteiger partial charge in [0.15, 0.2) is 8.09 Å². The average molecular weight is 315 g/mol. The lowest BCUT2D eigenvalue weighted by atomic mass is 10.5. The molecule has 66 valence electrons. The summed E-state index contributed by atoms with van der Waals surface area (Å²) >= 11 is 5.84. The van der Waals surface area contributed by atoms with Crippen LogP contribution in [0.4, 0.5) is 0 Å². The predicted octanol–water partition coefficient (Wildman–Crippen LogP) is 1.93. The summed E-state index contributed by atoms with van der Waals surface area (Å²) in [6.07, 6.45) is 1.44. The summed E-state index contributed by atoms with van der Waals surface area (Å²) in [4.78, 5) is 3.72. The molecule has 0 saturated heterocycles. The Kier molecular flexibility index (Phi) is 3.25. The van der Waals surface area contributed by atoms with Crippen molar-refractivity contribution in [1.29, 1.82) is 0 Å². The van der Waals surface area contributed by atoms with Gasteiger partial charge in [0.05, 0.1) is 0 Å². The first-order valence-corrected chi connectivity index (χ1v) is 6.36. The molecule has 6 heteroatoms. The first kappa shape index (κ1) is 10.1. The zero-order valence-corrected chi connectivity index (χ0v) is 9.80. The number of aromatic nitrogens is 1. The molecule has 0 fully saturated rings. The first-order chi connectivity index (χ1) is 5.55. The maximum Gasteiger partial charge on any atom is 0.218 e. The van der Waals surface area contributed by atoms with Crippen LogP contribution >= 0.6 is 31.9 Å². The van der Waals surface area contributed by atoms with Crippen molar-refractivity contribution < 1.29 is 8.42 Å². The standard InChI is InChI=1S/C6H5Br2NO2S/c7-6(8)12(10,11)5-3-1-2-4-9-5/h1-4,6H. The Balaban J connectivity index is 3.17. The number of hydrogen-bond donors (Lipinski definition) is 0. The highest BCUT2D eigenvalue weighted by Crippen LogP contribution is 2.22. The first-order valence-electron chi connectivity index (χ1n) is 2.98. The summed E-state index contributed by atoms with van der Waals surface area (Å²) in [5.74, 6) is 0. The van der Waals surface area contributed by atoms with Crippen molar-refractivity contribution in [2.45, 2.75) is 8.09 Å². The second kappa shape index (κ2) is 3.85. The van der Waals surface area contributed by atoms with Crippen molar-refractivity contribution in [3.8, 4) is 0 Å². The molecule has 1 heterocycles. The Hall–Kier alpha value is 0.0600. The molecule has 1 aromatic rings. The number of alkyl halides is 2. The summed E-state index contributed by atoms with van der Waals surface area (Å²) < 4.78 is 22.0. The van der Waals surface area contributed by atoms with Crippen molar-refractivity contribution in [2.24, 2.45) is 0 Å². The monoisotopic (exact) mass is 313 g/mol. The Morgan fingerprint density at radius 1 is 1.33 bits per heavy atom. The van der Waals surface area contributed by atoms with E-state index in [9.17, 15) is 8.42 Å². The van der Waals surface area contributed by atoms with Crippen molar-refractivity contribution in [1.82, 2.24) is 4.98 Å². The van der Waals surface area contributed by atoms with E-state index in [1.165, 1.54) is 12.3 Å². The fraction of sp³-hybridized carbons (Fsp3) is 0.167. The molecule has 0 aromatic carbocycles. The van der Waals surface area contributed by atoms with E-state index in [2.05, 4.69) is 36.8 Å². The van der Waals surface area contributed by atoms with Crippen LogP contribution in [0.5, 0.6) is 0 Å². The molecule has 1 rings (SSSR count). The Labute approximate surface area is 87.4 Å². The molecule has 0 radical (unpaired) electrons. The molecule has 0 saturated carbocycles. The molecule has 12 heavy (non-hydrogen) atoms. The van der Waals surface area contributed by atoms with Crippen molar-refractivity contribution in [3.63, 3.8) is 0 Å². The largest absolute Gasteiger partial charge is 0.245 e. The number of nitrogens with zero attached hydrogens (tertiary/aromatic N) is 1. The highest BCUT2D eigenvalue weighted by Gasteiger charge is 2.22. The molecule has 1 aromatic heterocycles. The second-order valence-electron chi connectivity index (χ2n) is 1.97. The number of sulfone groups is 1. The number of hydrogen-bond acceptors (Lipinski definition) is 3. The van der Waals surface area contributed by atoms with E-state index in [0.29, 0.717) is 0 Å². The molecule has 0 N–H and O–H groups in total. The van der Waals surface area contributed by atoms with E-state index >= 15 is 0 Å². The van der Waals surface area contributed by atoms with Gasteiger partial charge < -0.3 is 0 Å². The summed E-state index contributed by atoms with van der Waals surface area (Å²) in [6.45, 7) is 0. The van der Waals surface area contributed by atoms with Crippen LogP contribution < -0.4 is 0 Å². The molecule has 3 nitrogen and oxygen atoms in total. The minimum absolute atomic E-state index is 0.0590. The van der Waals surface area contributed by atoms with Crippen LogP contribution in [-0.2, 0) is 9.84 Å². The van der Waals surface area contributed by atoms with Gasteiger partial charge in [-0.25, -0.2) is 13.4 Å². The highest BCUT2D eigenvalue weighted by atomic mass is 79.9. The second-order valence-corrected chi connectivity index (χ2v) is 8.23. The van der Waals surface area contributed by atoms with E-state index in [1.54, 1.807) is 12.1 Å². The normalized spacial score (nSPS) is 11.9. The van der Waals surface area contributed by atoms with Crippen LogP contribution in [0.2, 0.25) is 0 Å². The van der Waals surface area contributed by atoms with Crippen molar-refractivity contribution in [3.05, 3.63) is 24.4 Å². The zero-order chi connectivity index (χ0) is 9.19. The molecule has 0 spiro atoms. The van der Waals surface area contributed by atoms with E-state index in [4.69, 9.17) is 0 Å². The summed E-state index contributed by atoms with van der Waals surface area (Å²) in [5, 5.41) is 0.0590. The van der Waals surface area contributed by atoms with Gasteiger partial charge in [-0.3, -0.25) is 0 Å². The molecule has 0 atom stereocenters. The minimum atomic E-state index is -3.35. The minimum Gasteiger partial charge on any atom is -0.245 e. The topological polar surface area (TPSA) is 47.0 Å². The van der Waals surface area contributed by atoms with Gasteiger partial charge in [-0.05, 0) is 12.1 Å². The molecule has 0 unspecified atom stereocenters. The van der Waals surface area contributed by atoms with Crippen LogP contribution in [0.3, 0.4) is 0 Å². The molecule has 0 aliphatic carbocycles. The van der Waals surface area contributed by atoms with Gasteiger partial charge in [-0.2, -0.15) is 0 Å². The van der Waals surface area contributed by atoms with Crippen LogP contribution in [-0.4, -0.2) is 16.5 Å². The Morgan fingerprint density at radius 2 is 2.00 bits per heavy atom. The van der Waals surface area contributed by atoms with Gasteiger partial charge in [0, 0.05) is 6.20 Å². The zero-order valence-electron chi connectivity index (χ0n) is 5.81. The molecule has 0 bridgehead atoms. The molecular formula is C6H5Br2NO2S. The average Bonchev–Trinajstić information content (AvgIpc) is 2.06. The highest BCUT2D eigenvalue weighted by molar-refractivity contribution is 9.27. The lowest BCUT2D eigenvalue weighted by Gasteiger charge is -2.02. The van der Waals surface area contributed by atoms with Gasteiger partial charge in [0.25, 0.3) is 0 Å². The van der Waals surface area contributed by atoms with Gasteiger partial charge >= 0.3 is 0 Å². The smallest absolute Gasteiger partial charge is 0.218 e. The van der Waals surface area contributed by atoms with Gasteiger partial charge in [0.2, 0.25) is 9.84 Å². The van der Waals surface area contributed by atoms with E-state index in [-0.39, 0.29) is 5.03 Å². The third-order valence-electron chi connectivity index (χ3n) is 1.16. The van der Waals surface area contributed by atoms with Crippen LogP contribution in [0, 0.1) is 0 Å². The molecular weight excluding hydrogens is 310 g/mol. The summed E-state index contributed by atoms with van der Waals surface area (Å²) in [5.41, 5.74) is 0. The molecule has 0 aliphatic heterocycles. The van der Waals surface area contributed by atoms with Crippen molar-refractivity contribution >= 4 is 41.7 Å². The van der Waals surface area contributed by atoms with Crippen molar-refractivity contribution in [2.75, 3.05) is 0 Å². The third-order valence-corrected chi connectivity index (χ3v) is 5.41. The summed E-state index contributed by atoms with van der Waals surface area (Å²) in [6, 6.07) is 4.74.